The van der Waals surface area contributed by atoms with Crippen molar-refractivity contribution in [1.82, 2.24) is 15.1 Å². The molecule has 2 N–H and O–H groups in total. The molecule has 3 rings (SSSR count). The fourth-order valence-electron chi connectivity index (χ4n) is 3.77. The third-order valence-corrected chi connectivity index (χ3v) is 4.82. The van der Waals surface area contributed by atoms with E-state index < -0.39 is 0 Å². The molecule has 5 nitrogen and oxygen atoms in total. The first kappa shape index (κ1) is 13.6. The van der Waals surface area contributed by atoms with E-state index in [2.05, 4.69) is 10.2 Å². The summed E-state index contributed by atoms with van der Waals surface area (Å²) in [6.45, 7) is 0.797. The maximum absolute atomic E-state index is 12.6. The predicted octanol–water partition coefficient (Wildman–Crippen LogP) is 1.96. The van der Waals surface area contributed by atoms with Gasteiger partial charge in [0, 0.05) is 24.7 Å². The average molecular weight is 277 g/mol. The van der Waals surface area contributed by atoms with Gasteiger partial charge in [-0.1, -0.05) is 12.8 Å². The van der Waals surface area contributed by atoms with Gasteiger partial charge in [-0.3, -0.25) is 9.89 Å². The van der Waals surface area contributed by atoms with E-state index in [4.69, 9.17) is 0 Å². The van der Waals surface area contributed by atoms with Crippen molar-refractivity contribution >= 4 is 5.91 Å². The topological polar surface area (TPSA) is 69.2 Å². The molecule has 1 aromatic rings. The van der Waals surface area contributed by atoms with Crippen LogP contribution < -0.4 is 0 Å². The first-order chi connectivity index (χ1) is 9.77. The molecule has 3 atom stereocenters. The van der Waals surface area contributed by atoms with Crippen LogP contribution in [0.15, 0.2) is 12.3 Å². The van der Waals surface area contributed by atoms with Crippen molar-refractivity contribution in [3.8, 4) is 0 Å². The highest BCUT2D eigenvalue weighted by molar-refractivity contribution is 5.92. The Morgan fingerprint density at radius 3 is 2.80 bits per heavy atom. The summed E-state index contributed by atoms with van der Waals surface area (Å²) in [4.78, 5) is 14.6. The molecule has 2 fully saturated rings. The van der Waals surface area contributed by atoms with Crippen LogP contribution >= 0.6 is 0 Å². The zero-order chi connectivity index (χ0) is 13.9. The fourth-order valence-corrected chi connectivity index (χ4v) is 3.77. The van der Waals surface area contributed by atoms with Gasteiger partial charge >= 0.3 is 0 Å². The minimum absolute atomic E-state index is 0.0324. The molecule has 0 aromatic carbocycles. The van der Waals surface area contributed by atoms with Crippen LogP contribution in [0.5, 0.6) is 0 Å². The van der Waals surface area contributed by atoms with Crippen molar-refractivity contribution in [1.29, 1.82) is 0 Å². The Bertz CT molecular complexity index is 446. The van der Waals surface area contributed by atoms with Crippen molar-refractivity contribution in [2.75, 3.05) is 6.54 Å². The number of carbonyl (C=O) groups is 1. The van der Waals surface area contributed by atoms with Crippen LogP contribution in [-0.2, 0) is 0 Å². The summed E-state index contributed by atoms with van der Waals surface area (Å²) in [5.41, 5.74) is 0.558. The van der Waals surface area contributed by atoms with Crippen molar-refractivity contribution in [3.05, 3.63) is 18.0 Å². The number of nitrogens with zero attached hydrogens (tertiary/aromatic N) is 2. The highest BCUT2D eigenvalue weighted by Gasteiger charge is 2.38. The molecule has 0 bridgehead atoms. The van der Waals surface area contributed by atoms with Crippen molar-refractivity contribution in [2.45, 2.75) is 57.1 Å². The summed E-state index contributed by atoms with van der Waals surface area (Å²) in [5, 5.41) is 16.9. The normalized spacial score (nSPS) is 31.2. The summed E-state index contributed by atoms with van der Waals surface area (Å²) < 4.78 is 0. The Kier molecular flexibility index (Phi) is 4.05. The fraction of sp³-hybridized carbons (Fsp3) is 0.733. The summed E-state index contributed by atoms with van der Waals surface area (Å²) in [5.74, 6) is 0.279. The maximum Gasteiger partial charge on any atom is 0.272 e. The zero-order valence-corrected chi connectivity index (χ0v) is 11.8. The van der Waals surface area contributed by atoms with Crippen LogP contribution in [0.4, 0.5) is 0 Å². The van der Waals surface area contributed by atoms with E-state index in [1.807, 2.05) is 4.90 Å². The van der Waals surface area contributed by atoms with Crippen molar-refractivity contribution in [2.24, 2.45) is 5.92 Å². The van der Waals surface area contributed by atoms with Crippen molar-refractivity contribution < 1.29 is 9.90 Å². The van der Waals surface area contributed by atoms with Gasteiger partial charge in [-0.05, 0) is 38.2 Å². The Morgan fingerprint density at radius 2 is 2.05 bits per heavy atom. The molecule has 1 saturated carbocycles. The second-order valence-corrected chi connectivity index (χ2v) is 6.05. The van der Waals surface area contributed by atoms with Gasteiger partial charge < -0.3 is 10.0 Å². The van der Waals surface area contributed by atoms with E-state index >= 15 is 0 Å². The summed E-state index contributed by atoms with van der Waals surface area (Å²) >= 11 is 0. The lowest BCUT2D eigenvalue weighted by Gasteiger charge is -2.43. The van der Waals surface area contributed by atoms with E-state index in [1.165, 1.54) is 6.42 Å². The number of rotatable bonds is 2. The first-order valence-corrected chi connectivity index (χ1v) is 7.76. The Morgan fingerprint density at radius 1 is 1.25 bits per heavy atom. The number of nitrogens with one attached hydrogen (secondary N) is 1. The zero-order valence-electron chi connectivity index (χ0n) is 11.8. The van der Waals surface area contributed by atoms with Crippen LogP contribution in [0.25, 0.3) is 0 Å². The molecule has 110 valence electrons. The predicted molar refractivity (Wildman–Crippen MR) is 75.2 cm³/mol. The third-order valence-electron chi connectivity index (χ3n) is 4.82. The van der Waals surface area contributed by atoms with E-state index in [0.29, 0.717) is 5.69 Å². The number of hydrogen-bond acceptors (Lipinski definition) is 3. The standard InChI is InChI=1S/C15H23N3O2/c19-14-7-2-1-5-11(14)13-6-3-4-10-18(13)15(20)12-8-9-16-17-12/h8-9,11,13-14,19H,1-7,10H2,(H,16,17). The minimum Gasteiger partial charge on any atom is -0.393 e. The molecule has 0 spiro atoms. The van der Waals surface area contributed by atoms with Crippen molar-refractivity contribution in [3.63, 3.8) is 0 Å². The Hall–Kier alpha value is -1.36. The van der Waals surface area contributed by atoms with Gasteiger partial charge in [0.25, 0.3) is 5.91 Å². The Balaban J connectivity index is 1.78. The van der Waals surface area contributed by atoms with Gasteiger partial charge in [0.15, 0.2) is 0 Å². The molecule has 0 radical (unpaired) electrons. The molecule has 1 aliphatic carbocycles. The number of carbonyl (C=O) groups excluding carboxylic acids is 1. The molecule has 1 aromatic heterocycles. The molecule has 2 heterocycles. The average Bonchev–Trinajstić information content (AvgIpc) is 3.01. The summed E-state index contributed by atoms with van der Waals surface area (Å²) in [6.07, 6.45) is 8.79. The number of likely N-dealkylation sites (tertiary alicyclic amines) is 1. The number of aromatic amines is 1. The lowest BCUT2D eigenvalue weighted by Crippen LogP contribution is -2.51. The quantitative estimate of drug-likeness (QED) is 0.868. The summed E-state index contributed by atoms with van der Waals surface area (Å²) in [6, 6.07) is 1.92. The highest BCUT2D eigenvalue weighted by atomic mass is 16.3. The molecule has 2 aliphatic rings. The SMILES string of the molecule is O=C(c1ccn[nH]1)N1CCCCC1C1CCCCC1O. The van der Waals surface area contributed by atoms with Gasteiger partial charge in [0.2, 0.25) is 0 Å². The van der Waals surface area contributed by atoms with Crippen LogP contribution in [0.1, 0.15) is 55.4 Å². The third kappa shape index (κ3) is 2.59. The first-order valence-electron chi connectivity index (χ1n) is 7.76. The lowest BCUT2D eigenvalue weighted by molar-refractivity contribution is -0.00151. The molecule has 1 aliphatic heterocycles. The molecule has 3 unspecified atom stereocenters. The number of aliphatic hydroxyl groups excluding tert-OH is 1. The van der Waals surface area contributed by atoms with Crippen LogP contribution in [0, 0.1) is 5.92 Å². The van der Waals surface area contributed by atoms with Gasteiger partial charge in [0.05, 0.1) is 6.10 Å². The number of amides is 1. The second kappa shape index (κ2) is 5.95. The highest BCUT2D eigenvalue weighted by Crippen LogP contribution is 2.34. The second-order valence-electron chi connectivity index (χ2n) is 6.05. The molecule has 1 saturated heterocycles. The van der Waals surface area contributed by atoms with Gasteiger partial charge in [-0.25, -0.2) is 0 Å². The molecule has 1 amide bonds. The monoisotopic (exact) mass is 277 g/mol. The van der Waals surface area contributed by atoms with Crippen LogP contribution in [0.3, 0.4) is 0 Å². The smallest absolute Gasteiger partial charge is 0.272 e. The number of piperidine rings is 1. The van der Waals surface area contributed by atoms with Gasteiger partial charge in [0.1, 0.15) is 5.69 Å². The molecule has 5 heteroatoms. The van der Waals surface area contributed by atoms with E-state index in [0.717, 1.165) is 45.1 Å². The number of hydrogen-bond donors (Lipinski definition) is 2. The minimum atomic E-state index is -0.246. The van der Waals surface area contributed by atoms with Gasteiger partial charge in [-0.2, -0.15) is 5.10 Å². The molecular formula is C15H23N3O2. The van der Waals surface area contributed by atoms with Crippen LogP contribution in [0.2, 0.25) is 0 Å². The molecular weight excluding hydrogens is 254 g/mol. The summed E-state index contributed by atoms with van der Waals surface area (Å²) in [7, 11) is 0. The van der Waals surface area contributed by atoms with Crippen LogP contribution in [-0.4, -0.2) is 44.8 Å². The van der Waals surface area contributed by atoms with E-state index in [1.54, 1.807) is 12.3 Å². The van der Waals surface area contributed by atoms with Gasteiger partial charge in [-0.15, -0.1) is 0 Å². The number of aliphatic hydroxyl groups is 1. The lowest BCUT2D eigenvalue weighted by atomic mass is 9.78. The largest absolute Gasteiger partial charge is 0.393 e. The molecule has 20 heavy (non-hydrogen) atoms. The van der Waals surface area contributed by atoms with E-state index in [9.17, 15) is 9.90 Å². The van der Waals surface area contributed by atoms with E-state index in [-0.39, 0.29) is 24.0 Å². The maximum atomic E-state index is 12.6. The Labute approximate surface area is 119 Å². The number of aromatic nitrogens is 2. The number of H-pyrrole nitrogens is 1.